The molecule has 0 unspecified atom stereocenters. The molecule has 0 aliphatic carbocycles. The van der Waals surface area contributed by atoms with Gasteiger partial charge < -0.3 is 9.47 Å². The Morgan fingerprint density at radius 2 is 1.71 bits per heavy atom. The third-order valence-corrected chi connectivity index (χ3v) is 2.19. The molecule has 2 nitrogen and oxygen atoms in total. The average molecular weight is 192 g/mol. The van der Waals surface area contributed by atoms with Gasteiger partial charge in [-0.3, -0.25) is 0 Å². The van der Waals surface area contributed by atoms with E-state index in [1.807, 2.05) is 25.1 Å². The van der Waals surface area contributed by atoms with Gasteiger partial charge in [0.25, 0.3) is 0 Å². The third kappa shape index (κ3) is 2.08. The van der Waals surface area contributed by atoms with Crippen molar-refractivity contribution in [3.63, 3.8) is 0 Å². The summed E-state index contributed by atoms with van der Waals surface area (Å²) in [6.45, 7) is 5.69. The van der Waals surface area contributed by atoms with E-state index in [1.165, 1.54) is 0 Å². The number of hydrogen-bond acceptors (Lipinski definition) is 2. The van der Waals surface area contributed by atoms with Gasteiger partial charge in [-0.05, 0) is 31.0 Å². The van der Waals surface area contributed by atoms with Crippen LogP contribution in [-0.4, -0.2) is 14.2 Å². The second-order valence-electron chi connectivity index (χ2n) is 3.12. The number of rotatable bonds is 4. The van der Waals surface area contributed by atoms with Gasteiger partial charge in [0.05, 0.1) is 14.2 Å². The first-order valence-corrected chi connectivity index (χ1v) is 4.55. The summed E-state index contributed by atoms with van der Waals surface area (Å²) in [4.78, 5) is 0. The molecule has 1 aromatic carbocycles. The molecule has 0 N–H and O–H groups in total. The van der Waals surface area contributed by atoms with E-state index >= 15 is 0 Å². The van der Waals surface area contributed by atoms with Crippen molar-refractivity contribution in [1.29, 1.82) is 0 Å². The zero-order valence-corrected chi connectivity index (χ0v) is 8.96. The van der Waals surface area contributed by atoms with E-state index in [2.05, 4.69) is 6.58 Å². The third-order valence-electron chi connectivity index (χ3n) is 2.19. The minimum absolute atomic E-state index is 0.826. The van der Waals surface area contributed by atoms with Gasteiger partial charge in [-0.15, -0.1) is 6.58 Å². The predicted molar refractivity (Wildman–Crippen MR) is 58.2 cm³/mol. The lowest BCUT2D eigenvalue weighted by Gasteiger charge is -2.11. The highest BCUT2D eigenvalue weighted by atomic mass is 16.5. The smallest absolute Gasteiger partial charge is 0.125 e. The predicted octanol–water partition coefficient (Wildman–Crippen LogP) is 2.74. The van der Waals surface area contributed by atoms with Gasteiger partial charge in [0.2, 0.25) is 0 Å². The van der Waals surface area contributed by atoms with Crippen LogP contribution in [0, 0.1) is 6.92 Å². The van der Waals surface area contributed by atoms with E-state index < -0.39 is 0 Å². The molecular weight excluding hydrogens is 176 g/mol. The van der Waals surface area contributed by atoms with Crippen LogP contribution in [0.1, 0.15) is 11.1 Å². The number of allylic oxidation sites excluding steroid dienone is 1. The fraction of sp³-hybridized carbons (Fsp3) is 0.333. The van der Waals surface area contributed by atoms with Crippen molar-refractivity contribution in [2.45, 2.75) is 13.3 Å². The van der Waals surface area contributed by atoms with Crippen molar-refractivity contribution in [2.75, 3.05) is 14.2 Å². The van der Waals surface area contributed by atoms with E-state index in [0.29, 0.717) is 0 Å². The van der Waals surface area contributed by atoms with Crippen LogP contribution in [0.15, 0.2) is 24.8 Å². The first-order valence-electron chi connectivity index (χ1n) is 4.55. The molecule has 0 heterocycles. The fourth-order valence-electron chi connectivity index (χ4n) is 1.42. The topological polar surface area (TPSA) is 18.5 Å². The van der Waals surface area contributed by atoms with Crippen LogP contribution in [0.3, 0.4) is 0 Å². The van der Waals surface area contributed by atoms with Crippen molar-refractivity contribution >= 4 is 0 Å². The number of benzene rings is 1. The highest BCUT2D eigenvalue weighted by Crippen LogP contribution is 2.29. The van der Waals surface area contributed by atoms with E-state index in [4.69, 9.17) is 9.47 Å². The molecule has 0 aliphatic heterocycles. The Labute approximate surface area is 85.2 Å². The quantitative estimate of drug-likeness (QED) is 0.683. The summed E-state index contributed by atoms with van der Waals surface area (Å²) in [6.07, 6.45) is 2.69. The summed E-state index contributed by atoms with van der Waals surface area (Å²) in [5.74, 6) is 1.72. The largest absolute Gasteiger partial charge is 0.496 e. The first-order chi connectivity index (χ1) is 6.72. The van der Waals surface area contributed by atoms with Gasteiger partial charge in [-0.1, -0.05) is 6.08 Å². The average Bonchev–Trinajstić information content (AvgIpc) is 2.20. The molecule has 0 saturated carbocycles. The maximum absolute atomic E-state index is 5.26. The number of ether oxygens (including phenoxy) is 2. The van der Waals surface area contributed by atoms with Crippen molar-refractivity contribution in [2.24, 2.45) is 0 Å². The standard InChI is InChI=1S/C12H16O2/c1-5-6-10-7-11(13-3)9(2)12(8-10)14-4/h5,7-8H,1,6H2,2-4H3. The lowest BCUT2D eigenvalue weighted by molar-refractivity contribution is 0.388. The molecule has 14 heavy (non-hydrogen) atoms. The van der Waals surface area contributed by atoms with Crippen molar-refractivity contribution < 1.29 is 9.47 Å². The lowest BCUT2D eigenvalue weighted by Crippen LogP contribution is -1.94. The van der Waals surface area contributed by atoms with Crippen LogP contribution in [0.2, 0.25) is 0 Å². The summed E-state index contributed by atoms with van der Waals surface area (Å²) >= 11 is 0. The van der Waals surface area contributed by atoms with E-state index in [-0.39, 0.29) is 0 Å². The molecule has 0 amide bonds. The van der Waals surface area contributed by atoms with Gasteiger partial charge in [0, 0.05) is 5.56 Å². The zero-order valence-electron chi connectivity index (χ0n) is 8.96. The van der Waals surface area contributed by atoms with Crippen LogP contribution >= 0.6 is 0 Å². The molecule has 0 aliphatic rings. The Morgan fingerprint density at radius 3 is 2.07 bits per heavy atom. The second kappa shape index (κ2) is 4.70. The molecule has 76 valence electrons. The molecule has 0 fully saturated rings. The molecular formula is C12H16O2. The summed E-state index contributed by atoms with van der Waals surface area (Å²) in [6, 6.07) is 4.03. The summed E-state index contributed by atoms with van der Waals surface area (Å²) in [5.41, 5.74) is 2.18. The Kier molecular flexibility index (Phi) is 3.57. The monoisotopic (exact) mass is 192 g/mol. The highest BCUT2D eigenvalue weighted by molar-refractivity contribution is 5.47. The molecule has 1 aromatic rings. The summed E-state index contributed by atoms with van der Waals surface area (Å²) < 4.78 is 10.5. The van der Waals surface area contributed by atoms with E-state index in [1.54, 1.807) is 14.2 Å². The minimum Gasteiger partial charge on any atom is -0.496 e. The van der Waals surface area contributed by atoms with E-state index in [9.17, 15) is 0 Å². The van der Waals surface area contributed by atoms with Gasteiger partial charge in [0.15, 0.2) is 0 Å². The van der Waals surface area contributed by atoms with Gasteiger partial charge in [-0.25, -0.2) is 0 Å². The molecule has 0 radical (unpaired) electrons. The van der Waals surface area contributed by atoms with Gasteiger partial charge in [-0.2, -0.15) is 0 Å². The van der Waals surface area contributed by atoms with Crippen LogP contribution in [-0.2, 0) is 6.42 Å². The van der Waals surface area contributed by atoms with Crippen molar-refractivity contribution in [1.82, 2.24) is 0 Å². The Bertz CT molecular complexity index is 304. The van der Waals surface area contributed by atoms with Crippen LogP contribution < -0.4 is 9.47 Å². The number of hydrogen-bond donors (Lipinski definition) is 0. The van der Waals surface area contributed by atoms with E-state index in [0.717, 1.165) is 29.0 Å². The summed E-state index contributed by atoms with van der Waals surface area (Å²) in [7, 11) is 3.33. The first kappa shape index (κ1) is 10.6. The maximum Gasteiger partial charge on any atom is 0.125 e. The Balaban J connectivity index is 3.17. The highest BCUT2D eigenvalue weighted by Gasteiger charge is 2.06. The minimum atomic E-state index is 0.826. The normalized spacial score (nSPS) is 9.64. The second-order valence-corrected chi connectivity index (χ2v) is 3.12. The van der Waals surface area contributed by atoms with Crippen LogP contribution in [0.5, 0.6) is 11.5 Å². The molecule has 1 rings (SSSR count). The van der Waals surface area contributed by atoms with Gasteiger partial charge in [0.1, 0.15) is 11.5 Å². The molecule has 0 spiro atoms. The zero-order chi connectivity index (χ0) is 10.6. The lowest BCUT2D eigenvalue weighted by atomic mass is 10.1. The summed E-state index contributed by atoms with van der Waals surface area (Å²) in [5, 5.41) is 0. The number of methoxy groups -OCH3 is 2. The van der Waals surface area contributed by atoms with Crippen LogP contribution in [0.25, 0.3) is 0 Å². The molecule has 0 saturated heterocycles. The van der Waals surface area contributed by atoms with Crippen molar-refractivity contribution in [3.05, 3.63) is 35.9 Å². The maximum atomic E-state index is 5.26. The molecule has 0 atom stereocenters. The fourth-order valence-corrected chi connectivity index (χ4v) is 1.42. The molecule has 2 heteroatoms. The molecule has 0 aromatic heterocycles. The van der Waals surface area contributed by atoms with Crippen molar-refractivity contribution in [3.8, 4) is 11.5 Å². The Morgan fingerprint density at radius 1 is 1.21 bits per heavy atom. The SMILES string of the molecule is C=CCc1cc(OC)c(C)c(OC)c1. The van der Waals surface area contributed by atoms with Gasteiger partial charge >= 0.3 is 0 Å². The Hall–Kier alpha value is -1.44. The van der Waals surface area contributed by atoms with Crippen LogP contribution in [0.4, 0.5) is 0 Å². The molecule has 0 bridgehead atoms.